The number of hydrogen-bond acceptors (Lipinski definition) is 5. The molecule has 2 aromatic heterocycles. The lowest BCUT2D eigenvalue weighted by atomic mass is 10.0. The molecule has 30 heavy (non-hydrogen) atoms. The van der Waals surface area contributed by atoms with Crippen LogP contribution >= 0.6 is 0 Å². The van der Waals surface area contributed by atoms with Gasteiger partial charge in [-0.05, 0) is 24.8 Å². The van der Waals surface area contributed by atoms with E-state index in [0.717, 1.165) is 64.4 Å². The minimum Gasteiger partial charge on any atom is -0.379 e. The SMILES string of the molecule is [2H]C[C@@]([2H])(C)c1cnc2c(NC3CCN(C[C@@H]4CNCCO4)CC3)cc(C(F)(F)F)cn12. The first-order valence-electron chi connectivity index (χ1n) is 11.6. The molecule has 0 bridgehead atoms. The van der Waals surface area contributed by atoms with Gasteiger partial charge in [0.2, 0.25) is 0 Å². The summed E-state index contributed by atoms with van der Waals surface area (Å²) in [4.78, 5) is 6.65. The van der Waals surface area contributed by atoms with Crippen LogP contribution in [0.15, 0.2) is 18.5 Å². The number of likely N-dealkylation sites (tertiary alicyclic amines) is 1. The van der Waals surface area contributed by atoms with Gasteiger partial charge in [-0.1, -0.05) is 13.8 Å². The number of rotatable bonds is 5. The maximum atomic E-state index is 13.6. The van der Waals surface area contributed by atoms with Gasteiger partial charge in [0, 0.05) is 59.6 Å². The van der Waals surface area contributed by atoms with Crippen LogP contribution in [0, 0.1) is 0 Å². The van der Waals surface area contributed by atoms with Gasteiger partial charge in [0.15, 0.2) is 5.65 Å². The highest BCUT2D eigenvalue weighted by Gasteiger charge is 2.33. The van der Waals surface area contributed by atoms with E-state index in [1.807, 2.05) is 0 Å². The van der Waals surface area contributed by atoms with Crippen molar-refractivity contribution in [1.29, 1.82) is 0 Å². The first-order valence-corrected chi connectivity index (χ1v) is 10.4. The van der Waals surface area contributed by atoms with E-state index in [4.69, 9.17) is 7.48 Å². The van der Waals surface area contributed by atoms with Crippen LogP contribution in [-0.2, 0) is 10.9 Å². The van der Waals surface area contributed by atoms with E-state index in [0.29, 0.717) is 11.3 Å². The average molecular weight is 428 g/mol. The van der Waals surface area contributed by atoms with Crippen molar-refractivity contribution in [2.24, 2.45) is 0 Å². The van der Waals surface area contributed by atoms with Gasteiger partial charge in [-0.25, -0.2) is 4.98 Å². The van der Waals surface area contributed by atoms with Crippen LogP contribution in [0.2, 0.25) is 0 Å². The van der Waals surface area contributed by atoms with E-state index in [1.54, 1.807) is 0 Å². The van der Waals surface area contributed by atoms with Gasteiger partial charge in [-0.15, -0.1) is 0 Å². The largest absolute Gasteiger partial charge is 0.417 e. The fraction of sp³-hybridized carbons (Fsp3) is 0.667. The quantitative estimate of drug-likeness (QED) is 0.767. The highest BCUT2D eigenvalue weighted by molar-refractivity contribution is 5.69. The zero-order valence-electron chi connectivity index (χ0n) is 19.1. The molecule has 0 unspecified atom stereocenters. The Balaban J connectivity index is 1.51. The number of morpholine rings is 1. The molecule has 4 heterocycles. The molecule has 0 spiro atoms. The molecule has 2 N–H and O–H groups in total. The van der Waals surface area contributed by atoms with Crippen molar-refractivity contribution in [3.63, 3.8) is 0 Å². The number of alkyl halides is 3. The number of ether oxygens (including phenoxy) is 1. The van der Waals surface area contributed by atoms with Crippen molar-refractivity contribution in [2.75, 3.05) is 44.6 Å². The Morgan fingerprint density at radius 2 is 2.23 bits per heavy atom. The molecule has 4 rings (SSSR count). The van der Waals surface area contributed by atoms with Crippen LogP contribution in [0.1, 0.15) is 46.6 Å². The molecular weight excluding hydrogens is 395 g/mol. The Hall–Kier alpha value is -1.84. The first-order chi connectivity index (χ1) is 15.2. The zero-order valence-corrected chi connectivity index (χ0v) is 17.1. The second-order valence-electron chi connectivity index (χ2n) is 8.17. The van der Waals surface area contributed by atoms with Crippen LogP contribution in [0.5, 0.6) is 0 Å². The van der Waals surface area contributed by atoms with Gasteiger partial charge >= 0.3 is 6.18 Å². The van der Waals surface area contributed by atoms with Crippen molar-refractivity contribution in [3.05, 3.63) is 29.7 Å². The van der Waals surface area contributed by atoms with Crippen molar-refractivity contribution >= 4 is 11.3 Å². The number of aromatic nitrogens is 2. The summed E-state index contributed by atoms with van der Waals surface area (Å²) in [5, 5.41) is 6.61. The number of anilines is 1. The Kier molecular flexibility index (Phi) is 5.49. The Morgan fingerprint density at radius 1 is 1.43 bits per heavy atom. The van der Waals surface area contributed by atoms with Crippen LogP contribution in [-0.4, -0.2) is 65.8 Å². The van der Waals surface area contributed by atoms with Crippen molar-refractivity contribution in [1.82, 2.24) is 19.6 Å². The topological polar surface area (TPSA) is 53.8 Å². The lowest BCUT2D eigenvalue weighted by Gasteiger charge is -2.36. The summed E-state index contributed by atoms with van der Waals surface area (Å²) in [7, 11) is 0. The summed E-state index contributed by atoms with van der Waals surface area (Å²) in [6, 6.07) is 1.13. The van der Waals surface area contributed by atoms with Crippen LogP contribution in [0.4, 0.5) is 18.9 Å². The van der Waals surface area contributed by atoms with Gasteiger partial charge in [0.05, 0.1) is 24.0 Å². The maximum Gasteiger partial charge on any atom is 0.417 e. The molecule has 2 saturated heterocycles. The second kappa shape index (κ2) is 8.72. The predicted octanol–water partition coefficient (Wildman–Crippen LogP) is 3.34. The fourth-order valence-corrected chi connectivity index (χ4v) is 4.17. The van der Waals surface area contributed by atoms with Gasteiger partial charge in [0.25, 0.3) is 0 Å². The number of imidazole rings is 1. The lowest BCUT2D eigenvalue weighted by Crippen LogP contribution is -2.48. The monoisotopic (exact) mass is 427 g/mol. The molecule has 0 saturated carbocycles. The standard InChI is InChI=1S/C21H30F3N5O/c1-14(2)19-11-26-20-18(9-15(12-29(19)20)21(22,23)24)27-16-3-6-28(7-4-16)13-17-10-25-5-8-30-17/h9,11-12,14,16-17,25,27H,3-8,10,13H2,1-2H3/t17-/m0/s1/i1D,14D/t14-,17-. The fourth-order valence-electron chi connectivity index (χ4n) is 4.17. The average Bonchev–Trinajstić information content (AvgIpc) is 3.21. The van der Waals surface area contributed by atoms with E-state index in [9.17, 15) is 13.2 Å². The summed E-state index contributed by atoms with van der Waals surface area (Å²) in [5.74, 6) is -1.36. The Morgan fingerprint density at radius 3 is 2.90 bits per heavy atom. The van der Waals surface area contributed by atoms with Crippen LogP contribution in [0.3, 0.4) is 0 Å². The lowest BCUT2D eigenvalue weighted by molar-refractivity contribution is -0.137. The molecule has 0 radical (unpaired) electrons. The molecular formula is C21H30F3N5O. The molecule has 2 aromatic rings. The predicted molar refractivity (Wildman–Crippen MR) is 110 cm³/mol. The van der Waals surface area contributed by atoms with E-state index in [-0.39, 0.29) is 24.7 Å². The second-order valence-corrected chi connectivity index (χ2v) is 8.17. The third-order valence-corrected chi connectivity index (χ3v) is 5.78. The minimum absolute atomic E-state index is 0.0302. The maximum absolute atomic E-state index is 13.6. The number of hydrogen-bond donors (Lipinski definition) is 2. The van der Waals surface area contributed by atoms with Crippen LogP contribution < -0.4 is 10.6 Å². The Labute approximate surface area is 177 Å². The van der Waals surface area contributed by atoms with Gasteiger partial charge < -0.3 is 24.7 Å². The van der Waals surface area contributed by atoms with Gasteiger partial charge in [-0.2, -0.15) is 13.2 Å². The Bertz CT molecular complexity index is 922. The molecule has 166 valence electrons. The number of fused-ring (bicyclic) bond motifs is 1. The summed E-state index contributed by atoms with van der Waals surface area (Å²) in [6.45, 7) is 6.22. The molecule has 2 atom stereocenters. The normalized spacial score (nSPS) is 25.0. The smallest absolute Gasteiger partial charge is 0.379 e. The summed E-state index contributed by atoms with van der Waals surface area (Å²) < 4.78 is 63.8. The summed E-state index contributed by atoms with van der Waals surface area (Å²) >= 11 is 0. The minimum atomic E-state index is -4.52. The van der Waals surface area contributed by atoms with Crippen molar-refractivity contribution < 1.29 is 20.6 Å². The van der Waals surface area contributed by atoms with Gasteiger partial charge in [0.1, 0.15) is 0 Å². The van der Waals surface area contributed by atoms with E-state index < -0.39 is 17.6 Å². The third-order valence-electron chi connectivity index (χ3n) is 5.78. The van der Waals surface area contributed by atoms with Crippen molar-refractivity contribution in [3.8, 4) is 0 Å². The van der Waals surface area contributed by atoms with Crippen LogP contribution in [0.25, 0.3) is 5.65 Å². The number of piperidine rings is 1. The van der Waals surface area contributed by atoms with Gasteiger partial charge in [-0.3, -0.25) is 0 Å². The third kappa shape index (κ3) is 4.73. The highest BCUT2D eigenvalue weighted by atomic mass is 19.4. The van der Waals surface area contributed by atoms with E-state index in [1.165, 1.54) is 17.5 Å². The summed E-state index contributed by atoms with van der Waals surface area (Å²) in [6.07, 6.45) is -0.355. The summed E-state index contributed by atoms with van der Waals surface area (Å²) in [5.41, 5.74) is 0.133. The zero-order chi connectivity index (χ0) is 22.9. The number of halogens is 3. The molecule has 0 aromatic carbocycles. The molecule has 0 amide bonds. The number of nitrogens with one attached hydrogen (secondary N) is 2. The van der Waals surface area contributed by atoms with E-state index in [2.05, 4.69) is 20.5 Å². The molecule has 2 aliphatic rings. The molecule has 0 aliphatic carbocycles. The molecule has 6 nitrogen and oxygen atoms in total. The van der Waals surface area contributed by atoms with Crippen molar-refractivity contribution in [2.45, 2.75) is 50.9 Å². The number of pyridine rings is 1. The first kappa shape index (κ1) is 18.9. The molecule has 2 fully saturated rings. The molecule has 9 heteroatoms. The molecule has 2 aliphatic heterocycles. The van der Waals surface area contributed by atoms with E-state index >= 15 is 0 Å². The number of nitrogens with zero attached hydrogens (tertiary/aromatic N) is 3. The highest BCUT2D eigenvalue weighted by Crippen LogP contribution is 2.34.